The molecule has 0 saturated carbocycles. The van der Waals surface area contributed by atoms with Crippen molar-refractivity contribution in [2.45, 2.75) is 20.3 Å². The standard InChI is InChI=1S/C6H12N2S/c1-3-5(4-2)8-6(7)9/h3H,4H2,1-2H3,(H3,7,8,9)/b5-3-. The summed E-state index contributed by atoms with van der Waals surface area (Å²) < 4.78 is 0. The number of hydrogen-bond acceptors (Lipinski definition) is 1. The SMILES string of the molecule is C/C=C(CC)\N=C(\N)S. The average molecular weight is 144 g/mol. The van der Waals surface area contributed by atoms with E-state index < -0.39 is 0 Å². The lowest BCUT2D eigenvalue weighted by Gasteiger charge is -1.93. The summed E-state index contributed by atoms with van der Waals surface area (Å²) in [5.74, 6) is 0. The third kappa shape index (κ3) is 4.09. The lowest BCUT2D eigenvalue weighted by atomic mass is 10.3. The van der Waals surface area contributed by atoms with Gasteiger partial charge in [-0.25, -0.2) is 4.99 Å². The summed E-state index contributed by atoms with van der Waals surface area (Å²) in [7, 11) is 0. The molecule has 3 heteroatoms. The van der Waals surface area contributed by atoms with E-state index in [1.54, 1.807) is 0 Å². The molecular formula is C6H12N2S. The number of hydrogen-bond donors (Lipinski definition) is 2. The third-order valence-corrected chi connectivity index (χ3v) is 1.05. The third-order valence-electron chi connectivity index (χ3n) is 0.954. The minimum atomic E-state index is 0.324. The summed E-state index contributed by atoms with van der Waals surface area (Å²) in [6.45, 7) is 3.95. The molecule has 0 atom stereocenters. The van der Waals surface area contributed by atoms with E-state index >= 15 is 0 Å². The van der Waals surface area contributed by atoms with Crippen molar-refractivity contribution in [2.24, 2.45) is 10.7 Å². The fourth-order valence-corrected chi connectivity index (χ4v) is 0.623. The lowest BCUT2D eigenvalue weighted by molar-refractivity contribution is 1.06. The zero-order chi connectivity index (χ0) is 7.28. The maximum Gasteiger partial charge on any atom is 0.155 e. The molecule has 0 aromatic heterocycles. The predicted octanol–water partition coefficient (Wildman–Crippen LogP) is 1.54. The van der Waals surface area contributed by atoms with Gasteiger partial charge in [0.05, 0.1) is 0 Å². The van der Waals surface area contributed by atoms with Crippen molar-refractivity contribution in [3.63, 3.8) is 0 Å². The van der Waals surface area contributed by atoms with Crippen LogP contribution in [0.4, 0.5) is 0 Å². The number of aliphatic imine (C=N–C) groups is 1. The van der Waals surface area contributed by atoms with Crippen molar-refractivity contribution < 1.29 is 0 Å². The van der Waals surface area contributed by atoms with Crippen LogP contribution in [-0.4, -0.2) is 5.17 Å². The Morgan fingerprint density at radius 3 is 2.44 bits per heavy atom. The molecule has 0 amide bonds. The summed E-state index contributed by atoms with van der Waals surface area (Å²) >= 11 is 3.83. The minimum Gasteiger partial charge on any atom is -0.378 e. The summed E-state index contributed by atoms with van der Waals surface area (Å²) in [6, 6.07) is 0. The normalized spacial score (nSPS) is 14.1. The molecule has 0 aromatic rings. The van der Waals surface area contributed by atoms with Gasteiger partial charge in [0, 0.05) is 5.70 Å². The summed E-state index contributed by atoms with van der Waals surface area (Å²) in [5, 5.41) is 0.324. The highest BCUT2D eigenvalue weighted by atomic mass is 32.1. The monoisotopic (exact) mass is 144 g/mol. The molecule has 0 spiro atoms. The van der Waals surface area contributed by atoms with E-state index in [-0.39, 0.29) is 0 Å². The second-order valence-electron chi connectivity index (χ2n) is 1.60. The van der Waals surface area contributed by atoms with Crippen molar-refractivity contribution in [1.82, 2.24) is 0 Å². The Labute approximate surface area is 61.3 Å². The van der Waals surface area contributed by atoms with Crippen LogP contribution < -0.4 is 5.73 Å². The van der Waals surface area contributed by atoms with Crippen LogP contribution in [-0.2, 0) is 0 Å². The molecule has 2 N–H and O–H groups in total. The second-order valence-corrected chi connectivity index (χ2v) is 2.06. The second kappa shape index (κ2) is 4.44. The van der Waals surface area contributed by atoms with Gasteiger partial charge in [0.1, 0.15) is 0 Å². The Morgan fingerprint density at radius 2 is 2.33 bits per heavy atom. The number of nitrogens with zero attached hydrogens (tertiary/aromatic N) is 1. The number of thiol groups is 1. The highest BCUT2D eigenvalue weighted by Gasteiger charge is 1.86. The van der Waals surface area contributed by atoms with E-state index in [1.165, 1.54) is 0 Å². The molecule has 0 radical (unpaired) electrons. The Bertz CT molecular complexity index is 134. The fourth-order valence-electron chi connectivity index (χ4n) is 0.495. The molecule has 9 heavy (non-hydrogen) atoms. The molecule has 0 aromatic carbocycles. The molecule has 0 bridgehead atoms. The predicted molar refractivity (Wildman–Crippen MR) is 44.7 cm³/mol. The van der Waals surface area contributed by atoms with Gasteiger partial charge in [0.25, 0.3) is 0 Å². The zero-order valence-electron chi connectivity index (χ0n) is 5.76. The number of rotatable bonds is 2. The first-order chi connectivity index (χ1) is 4.20. The first kappa shape index (κ1) is 8.56. The fraction of sp³-hybridized carbons (Fsp3) is 0.500. The van der Waals surface area contributed by atoms with Crippen LogP contribution in [0.15, 0.2) is 16.8 Å². The smallest absolute Gasteiger partial charge is 0.155 e. The molecular weight excluding hydrogens is 132 g/mol. The minimum absolute atomic E-state index is 0.324. The van der Waals surface area contributed by atoms with Crippen LogP contribution in [0.5, 0.6) is 0 Å². The van der Waals surface area contributed by atoms with Gasteiger partial charge in [0.2, 0.25) is 0 Å². The van der Waals surface area contributed by atoms with Crippen molar-refractivity contribution in [3.05, 3.63) is 11.8 Å². The van der Waals surface area contributed by atoms with Crippen LogP contribution in [0.3, 0.4) is 0 Å². The first-order valence-electron chi connectivity index (χ1n) is 2.89. The van der Waals surface area contributed by atoms with Crippen molar-refractivity contribution >= 4 is 17.8 Å². The molecule has 0 aliphatic heterocycles. The summed E-state index contributed by atoms with van der Waals surface area (Å²) in [5.41, 5.74) is 6.19. The van der Waals surface area contributed by atoms with E-state index in [2.05, 4.69) is 17.6 Å². The number of nitrogens with two attached hydrogens (primary N) is 1. The van der Waals surface area contributed by atoms with Gasteiger partial charge < -0.3 is 5.73 Å². The van der Waals surface area contributed by atoms with E-state index in [9.17, 15) is 0 Å². The summed E-state index contributed by atoms with van der Waals surface area (Å²) in [6.07, 6.45) is 2.82. The molecule has 0 unspecified atom stereocenters. The number of allylic oxidation sites excluding steroid dienone is 2. The van der Waals surface area contributed by atoms with E-state index in [4.69, 9.17) is 5.73 Å². The van der Waals surface area contributed by atoms with Crippen molar-refractivity contribution in [1.29, 1.82) is 0 Å². The molecule has 0 heterocycles. The maximum atomic E-state index is 5.22. The highest BCUT2D eigenvalue weighted by Crippen LogP contribution is 2.01. The topological polar surface area (TPSA) is 38.4 Å². The number of amidine groups is 1. The lowest BCUT2D eigenvalue weighted by Crippen LogP contribution is -2.01. The van der Waals surface area contributed by atoms with Crippen LogP contribution in [0.2, 0.25) is 0 Å². The van der Waals surface area contributed by atoms with Gasteiger partial charge in [-0.3, -0.25) is 0 Å². The quantitative estimate of drug-likeness (QED) is 0.344. The van der Waals surface area contributed by atoms with Gasteiger partial charge in [-0.15, -0.1) is 12.6 Å². The maximum absolute atomic E-state index is 5.22. The summed E-state index contributed by atoms with van der Waals surface area (Å²) in [4.78, 5) is 3.93. The average Bonchev–Trinajstić information content (AvgIpc) is 1.82. The van der Waals surface area contributed by atoms with Crippen LogP contribution >= 0.6 is 12.6 Å². The van der Waals surface area contributed by atoms with Crippen LogP contribution in [0.1, 0.15) is 20.3 Å². The highest BCUT2D eigenvalue weighted by molar-refractivity contribution is 7.96. The van der Waals surface area contributed by atoms with Crippen molar-refractivity contribution in [3.8, 4) is 0 Å². The first-order valence-corrected chi connectivity index (χ1v) is 3.33. The molecule has 0 fully saturated rings. The van der Waals surface area contributed by atoms with Crippen molar-refractivity contribution in [2.75, 3.05) is 0 Å². The van der Waals surface area contributed by atoms with Crippen LogP contribution in [0.25, 0.3) is 0 Å². The Kier molecular flexibility index (Phi) is 4.22. The Morgan fingerprint density at radius 1 is 1.78 bits per heavy atom. The van der Waals surface area contributed by atoms with E-state index in [0.717, 1.165) is 12.1 Å². The molecule has 0 aliphatic rings. The molecule has 0 aliphatic carbocycles. The zero-order valence-corrected chi connectivity index (χ0v) is 6.65. The van der Waals surface area contributed by atoms with Gasteiger partial charge >= 0.3 is 0 Å². The molecule has 0 rings (SSSR count). The van der Waals surface area contributed by atoms with Gasteiger partial charge in [-0.05, 0) is 13.3 Å². The Balaban J connectivity index is 4.01. The molecule has 52 valence electrons. The van der Waals surface area contributed by atoms with Gasteiger partial charge in [-0.1, -0.05) is 13.0 Å². The van der Waals surface area contributed by atoms with Gasteiger partial charge in [-0.2, -0.15) is 0 Å². The Hall–Kier alpha value is -0.440. The molecule has 2 nitrogen and oxygen atoms in total. The van der Waals surface area contributed by atoms with E-state index in [0.29, 0.717) is 5.17 Å². The molecule has 0 saturated heterocycles. The largest absolute Gasteiger partial charge is 0.378 e. The van der Waals surface area contributed by atoms with Gasteiger partial charge in [0.15, 0.2) is 5.17 Å². The van der Waals surface area contributed by atoms with E-state index in [1.807, 2.05) is 19.9 Å². The van der Waals surface area contributed by atoms with Crippen LogP contribution in [0, 0.1) is 0 Å².